The zero-order valence-electron chi connectivity index (χ0n) is 13.0. The SMILES string of the molecule is COc1ccc(NCC(O)COC2CCCC(C)C2)cc1. The lowest BCUT2D eigenvalue weighted by Gasteiger charge is -2.27. The van der Waals surface area contributed by atoms with Gasteiger partial charge in [-0.15, -0.1) is 0 Å². The molecule has 0 radical (unpaired) electrons. The molecule has 0 saturated heterocycles. The third kappa shape index (κ3) is 5.56. The van der Waals surface area contributed by atoms with Crippen LogP contribution >= 0.6 is 0 Å². The fourth-order valence-corrected chi connectivity index (χ4v) is 2.78. The van der Waals surface area contributed by atoms with E-state index < -0.39 is 6.10 Å². The van der Waals surface area contributed by atoms with Crippen LogP contribution in [0, 0.1) is 5.92 Å². The topological polar surface area (TPSA) is 50.7 Å². The van der Waals surface area contributed by atoms with Crippen molar-refractivity contribution in [3.8, 4) is 5.75 Å². The number of aliphatic hydroxyl groups is 1. The van der Waals surface area contributed by atoms with Crippen LogP contribution in [0.15, 0.2) is 24.3 Å². The molecule has 118 valence electrons. The van der Waals surface area contributed by atoms with Crippen LogP contribution in [0.25, 0.3) is 0 Å². The summed E-state index contributed by atoms with van der Waals surface area (Å²) in [6.07, 6.45) is 4.64. The minimum absolute atomic E-state index is 0.324. The van der Waals surface area contributed by atoms with Gasteiger partial charge in [0.05, 0.1) is 25.9 Å². The number of ether oxygens (including phenoxy) is 2. The lowest BCUT2D eigenvalue weighted by Crippen LogP contribution is -2.30. The summed E-state index contributed by atoms with van der Waals surface area (Å²) in [5.74, 6) is 1.58. The van der Waals surface area contributed by atoms with Crippen LogP contribution in [-0.4, -0.2) is 37.6 Å². The zero-order chi connectivity index (χ0) is 15.1. The minimum Gasteiger partial charge on any atom is -0.497 e. The van der Waals surface area contributed by atoms with Crippen molar-refractivity contribution in [2.24, 2.45) is 5.92 Å². The molecule has 1 aromatic carbocycles. The molecular formula is C17H27NO3. The van der Waals surface area contributed by atoms with E-state index in [1.165, 1.54) is 12.8 Å². The molecule has 0 aromatic heterocycles. The second-order valence-electron chi connectivity index (χ2n) is 5.99. The number of hydrogen-bond donors (Lipinski definition) is 2. The summed E-state index contributed by atoms with van der Waals surface area (Å²) in [4.78, 5) is 0. The van der Waals surface area contributed by atoms with Gasteiger partial charge in [-0.2, -0.15) is 0 Å². The average molecular weight is 293 g/mol. The van der Waals surface area contributed by atoms with Crippen LogP contribution < -0.4 is 10.1 Å². The van der Waals surface area contributed by atoms with Gasteiger partial charge in [-0.3, -0.25) is 0 Å². The van der Waals surface area contributed by atoms with Crippen LogP contribution in [-0.2, 0) is 4.74 Å². The Hall–Kier alpha value is -1.26. The smallest absolute Gasteiger partial charge is 0.119 e. The van der Waals surface area contributed by atoms with Gasteiger partial charge in [-0.1, -0.05) is 19.8 Å². The summed E-state index contributed by atoms with van der Waals surface area (Å²) in [5.41, 5.74) is 0.973. The number of rotatable bonds is 7. The number of aliphatic hydroxyl groups excluding tert-OH is 1. The zero-order valence-corrected chi connectivity index (χ0v) is 13.0. The van der Waals surface area contributed by atoms with Crippen molar-refractivity contribution in [3.05, 3.63) is 24.3 Å². The van der Waals surface area contributed by atoms with Gasteiger partial charge in [0.25, 0.3) is 0 Å². The van der Waals surface area contributed by atoms with Crippen molar-refractivity contribution in [2.45, 2.75) is 44.8 Å². The van der Waals surface area contributed by atoms with Gasteiger partial charge in [-0.05, 0) is 43.0 Å². The summed E-state index contributed by atoms with van der Waals surface area (Å²) >= 11 is 0. The van der Waals surface area contributed by atoms with E-state index in [1.807, 2.05) is 24.3 Å². The number of nitrogens with one attached hydrogen (secondary N) is 1. The molecule has 0 spiro atoms. The summed E-state index contributed by atoms with van der Waals surface area (Å²) < 4.78 is 10.9. The van der Waals surface area contributed by atoms with E-state index in [9.17, 15) is 5.11 Å². The third-order valence-electron chi connectivity index (χ3n) is 4.04. The first kappa shape index (κ1) is 16.1. The highest BCUT2D eigenvalue weighted by Gasteiger charge is 2.20. The maximum Gasteiger partial charge on any atom is 0.119 e. The van der Waals surface area contributed by atoms with Crippen molar-refractivity contribution in [1.82, 2.24) is 0 Å². The number of anilines is 1. The van der Waals surface area contributed by atoms with Crippen LogP contribution in [0.4, 0.5) is 5.69 Å². The molecule has 0 aliphatic heterocycles. The standard InChI is InChI=1S/C17H27NO3/c1-13-4-3-5-17(10-13)21-12-15(19)11-18-14-6-8-16(20-2)9-7-14/h6-9,13,15,17-19H,3-5,10-12H2,1-2H3. The van der Waals surface area contributed by atoms with Crippen LogP contribution in [0.1, 0.15) is 32.6 Å². The average Bonchev–Trinajstić information content (AvgIpc) is 2.51. The lowest BCUT2D eigenvalue weighted by atomic mass is 9.89. The molecule has 21 heavy (non-hydrogen) atoms. The molecule has 2 N–H and O–H groups in total. The Morgan fingerprint density at radius 3 is 2.71 bits per heavy atom. The molecule has 1 fully saturated rings. The summed E-state index contributed by atoms with van der Waals surface area (Å²) in [7, 11) is 1.65. The molecule has 4 nitrogen and oxygen atoms in total. The number of methoxy groups -OCH3 is 1. The molecule has 1 aliphatic rings. The normalized spacial score (nSPS) is 23.6. The minimum atomic E-state index is -0.482. The highest BCUT2D eigenvalue weighted by Crippen LogP contribution is 2.25. The molecule has 3 atom stereocenters. The first-order valence-electron chi connectivity index (χ1n) is 7.85. The molecule has 0 bridgehead atoms. The number of benzene rings is 1. The van der Waals surface area contributed by atoms with Gasteiger partial charge in [0.1, 0.15) is 5.75 Å². The monoisotopic (exact) mass is 293 g/mol. The fourth-order valence-electron chi connectivity index (χ4n) is 2.78. The van der Waals surface area contributed by atoms with E-state index in [4.69, 9.17) is 9.47 Å². The second kappa shape index (κ2) is 8.25. The van der Waals surface area contributed by atoms with Gasteiger partial charge in [0, 0.05) is 12.2 Å². The molecule has 1 aliphatic carbocycles. The Labute approximate surface area is 127 Å². The van der Waals surface area contributed by atoms with Crippen LogP contribution in [0.3, 0.4) is 0 Å². The van der Waals surface area contributed by atoms with E-state index in [1.54, 1.807) is 7.11 Å². The van der Waals surface area contributed by atoms with Crippen LogP contribution in [0.5, 0.6) is 5.75 Å². The van der Waals surface area contributed by atoms with E-state index in [0.717, 1.165) is 30.2 Å². The van der Waals surface area contributed by atoms with E-state index >= 15 is 0 Å². The maximum atomic E-state index is 10.00. The fraction of sp³-hybridized carbons (Fsp3) is 0.647. The molecular weight excluding hydrogens is 266 g/mol. The highest BCUT2D eigenvalue weighted by molar-refractivity contribution is 5.46. The third-order valence-corrected chi connectivity index (χ3v) is 4.04. The molecule has 3 unspecified atom stereocenters. The van der Waals surface area contributed by atoms with Crippen molar-refractivity contribution >= 4 is 5.69 Å². The predicted octanol–water partition coefficient (Wildman–Crippen LogP) is 3.06. The van der Waals surface area contributed by atoms with Crippen molar-refractivity contribution < 1.29 is 14.6 Å². The Morgan fingerprint density at radius 1 is 1.29 bits per heavy atom. The lowest BCUT2D eigenvalue weighted by molar-refractivity contribution is -0.0274. The van der Waals surface area contributed by atoms with Gasteiger partial charge in [-0.25, -0.2) is 0 Å². The summed E-state index contributed by atoms with van der Waals surface area (Å²) in [5, 5.41) is 13.2. The Balaban J connectivity index is 1.65. The van der Waals surface area contributed by atoms with E-state index in [0.29, 0.717) is 19.3 Å². The first-order chi connectivity index (χ1) is 10.2. The van der Waals surface area contributed by atoms with E-state index in [2.05, 4.69) is 12.2 Å². The molecule has 1 saturated carbocycles. The van der Waals surface area contributed by atoms with Crippen molar-refractivity contribution in [3.63, 3.8) is 0 Å². The molecule has 1 aromatic rings. The van der Waals surface area contributed by atoms with Gasteiger partial charge in [0.15, 0.2) is 0 Å². The van der Waals surface area contributed by atoms with Crippen molar-refractivity contribution in [1.29, 1.82) is 0 Å². The molecule has 4 heteroatoms. The van der Waals surface area contributed by atoms with Gasteiger partial charge < -0.3 is 19.9 Å². The number of hydrogen-bond acceptors (Lipinski definition) is 4. The quantitative estimate of drug-likeness (QED) is 0.811. The summed E-state index contributed by atoms with van der Waals surface area (Å²) in [6, 6.07) is 7.67. The molecule has 2 rings (SSSR count). The highest BCUT2D eigenvalue weighted by atomic mass is 16.5. The van der Waals surface area contributed by atoms with E-state index in [-0.39, 0.29) is 0 Å². The predicted molar refractivity (Wildman–Crippen MR) is 84.9 cm³/mol. The first-order valence-corrected chi connectivity index (χ1v) is 7.85. The Kier molecular flexibility index (Phi) is 6.33. The molecule has 0 amide bonds. The maximum absolute atomic E-state index is 10.00. The van der Waals surface area contributed by atoms with Gasteiger partial charge >= 0.3 is 0 Å². The Bertz CT molecular complexity index is 407. The largest absolute Gasteiger partial charge is 0.497 e. The Morgan fingerprint density at radius 2 is 2.05 bits per heavy atom. The summed E-state index contributed by atoms with van der Waals surface area (Å²) in [6.45, 7) is 3.17. The van der Waals surface area contributed by atoms with Crippen molar-refractivity contribution in [2.75, 3.05) is 25.6 Å². The van der Waals surface area contributed by atoms with Gasteiger partial charge in [0.2, 0.25) is 0 Å². The molecule has 0 heterocycles. The van der Waals surface area contributed by atoms with Crippen LogP contribution in [0.2, 0.25) is 0 Å². The second-order valence-corrected chi connectivity index (χ2v) is 5.99.